The zero-order chi connectivity index (χ0) is 10.2. The molecule has 0 aromatic rings. The van der Waals surface area contributed by atoms with E-state index in [0.29, 0.717) is 0 Å². The van der Waals surface area contributed by atoms with Gasteiger partial charge in [0.2, 0.25) is 0 Å². The molecule has 2 unspecified atom stereocenters. The SMILES string of the molecule is CCCC[Te]C1CCCCCCC1O. The first-order valence-electron chi connectivity index (χ1n) is 6.14. The van der Waals surface area contributed by atoms with Crippen molar-refractivity contribution >= 4 is 20.9 Å². The maximum atomic E-state index is 10.0. The third-order valence-corrected chi connectivity index (χ3v) is 7.29. The summed E-state index contributed by atoms with van der Waals surface area (Å²) >= 11 is 0.0988. The van der Waals surface area contributed by atoms with Crippen molar-refractivity contribution in [2.75, 3.05) is 0 Å². The number of hydrogen-bond donors (Lipinski definition) is 1. The van der Waals surface area contributed by atoms with Crippen LogP contribution in [0.5, 0.6) is 0 Å². The summed E-state index contributed by atoms with van der Waals surface area (Å²) in [6.07, 6.45) is 10.6. The Bertz CT molecular complexity index is 138. The fourth-order valence-corrected chi connectivity index (χ4v) is 6.14. The van der Waals surface area contributed by atoms with Crippen LogP contribution in [-0.4, -0.2) is 32.1 Å². The van der Waals surface area contributed by atoms with Crippen molar-refractivity contribution in [3.63, 3.8) is 0 Å². The van der Waals surface area contributed by atoms with E-state index in [1.54, 1.807) is 0 Å². The van der Waals surface area contributed by atoms with Crippen molar-refractivity contribution in [3.8, 4) is 0 Å². The van der Waals surface area contributed by atoms with Gasteiger partial charge in [-0.2, -0.15) is 0 Å². The molecule has 0 bridgehead atoms. The Labute approximate surface area is 98.7 Å². The van der Waals surface area contributed by atoms with Crippen LogP contribution in [0.15, 0.2) is 0 Å². The van der Waals surface area contributed by atoms with Crippen molar-refractivity contribution in [3.05, 3.63) is 0 Å². The van der Waals surface area contributed by atoms with E-state index in [-0.39, 0.29) is 27.0 Å². The first kappa shape index (κ1) is 12.8. The molecule has 14 heavy (non-hydrogen) atoms. The van der Waals surface area contributed by atoms with E-state index in [1.807, 2.05) is 0 Å². The van der Waals surface area contributed by atoms with E-state index in [4.69, 9.17) is 0 Å². The molecule has 1 aliphatic rings. The fourth-order valence-electron chi connectivity index (χ4n) is 2.00. The minimum atomic E-state index is 0.0644. The molecule has 0 heterocycles. The van der Waals surface area contributed by atoms with Crippen molar-refractivity contribution in [1.82, 2.24) is 0 Å². The van der Waals surface area contributed by atoms with Crippen LogP contribution in [0, 0.1) is 0 Å². The van der Waals surface area contributed by atoms with Gasteiger partial charge in [0.25, 0.3) is 0 Å². The Morgan fingerprint density at radius 1 is 1.14 bits per heavy atom. The van der Waals surface area contributed by atoms with Gasteiger partial charge < -0.3 is 0 Å². The Balaban J connectivity index is 2.22. The average Bonchev–Trinajstić information content (AvgIpc) is 2.17. The summed E-state index contributed by atoms with van der Waals surface area (Å²) < 4.78 is 2.19. The van der Waals surface area contributed by atoms with Crippen LogP contribution in [0.3, 0.4) is 0 Å². The zero-order valence-corrected chi connectivity index (χ0v) is 11.7. The molecule has 2 heteroatoms. The molecule has 0 aromatic heterocycles. The molecule has 84 valence electrons. The van der Waals surface area contributed by atoms with Gasteiger partial charge in [0.15, 0.2) is 0 Å². The van der Waals surface area contributed by atoms with Gasteiger partial charge in [-0.1, -0.05) is 0 Å². The molecule has 0 saturated heterocycles. The molecule has 1 rings (SSSR count). The molecule has 1 fully saturated rings. The number of hydrogen-bond acceptors (Lipinski definition) is 1. The van der Waals surface area contributed by atoms with E-state index in [1.165, 1.54) is 49.4 Å². The standard InChI is InChI=1S/C12H24OTe/c1-2-3-10-14-12-9-7-5-4-6-8-11(12)13/h11-13H,2-10H2,1H3. The number of unbranched alkanes of at least 4 members (excludes halogenated alkanes) is 1. The van der Waals surface area contributed by atoms with Crippen LogP contribution in [-0.2, 0) is 0 Å². The molecular formula is C12H24OTe. The van der Waals surface area contributed by atoms with Gasteiger partial charge in [0.05, 0.1) is 0 Å². The topological polar surface area (TPSA) is 20.2 Å². The van der Waals surface area contributed by atoms with Crippen molar-refractivity contribution < 1.29 is 5.11 Å². The van der Waals surface area contributed by atoms with Crippen LogP contribution >= 0.6 is 0 Å². The van der Waals surface area contributed by atoms with E-state index in [0.717, 1.165) is 10.4 Å². The predicted octanol–water partition coefficient (Wildman–Crippen LogP) is 3.41. The monoisotopic (exact) mass is 314 g/mol. The molecule has 1 aliphatic carbocycles. The summed E-state index contributed by atoms with van der Waals surface area (Å²) in [6.45, 7) is 2.27. The summed E-state index contributed by atoms with van der Waals surface area (Å²) in [5.41, 5.74) is 0. The van der Waals surface area contributed by atoms with E-state index in [2.05, 4.69) is 6.92 Å². The second-order valence-electron chi connectivity index (χ2n) is 4.32. The molecule has 2 atom stereocenters. The van der Waals surface area contributed by atoms with Crippen LogP contribution < -0.4 is 0 Å². The summed E-state index contributed by atoms with van der Waals surface area (Å²) in [5, 5.41) is 10.0. The molecule has 0 aromatic carbocycles. The van der Waals surface area contributed by atoms with Gasteiger partial charge in [-0.05, 0) is 0 Å². The molecule has 1 saturated carbocycles. The van der Waals surface area contributed by atoms with Crippen molar-refractivity contribution in [2.45, 2.75) is 72.8 Å². The number of aliphatic hydroxyl groups excluding tert-OH is 1. The molecule has 0 amide bonds. The van der Waals surface area contributed by atoms with Crippen LogP contribution in [0.25, 0.3) is 0 Å². The van der Waals surface area contributed by atoms with E-state index < -0.39 is 0 Å². The minimum absolute atomic E-state index is 0.0644. The van der Waals surface area contributed by atoms with Crippen LogP contribution in [0.1, 0.15) is 58.3 Å². The average molecular weight is 312 g/mol. The van der Waals surface area contributed by atoms with Gasteiger partial charge in [-0.3, -0.25) is 0 Å². The molecule has 1 N–H and O–H groups in total. The molecular weight excluding hydrogens is 288 g/mol. The van der Waals surface area contributed by atoms with E-state index >= 15 is 0 Å². The molecule has 1 nitrogen and oxygen atoms in total. The Kier molecular flexibility index (Phi) is 7.29. The summed E-state index contributed by atoms with van der Waals surface area (Å²) in [5.74, 6) is 0. The Morgan fingerprint density at radius 2 is 1.86 bits per heavy atom. The zero-order valence-electron chi connectivity index (χ0n) is 9.37. The van der Waals surface area contributed by atoms with Crippen LogP contribution in [0.4, 0.5) is 0 Å². The van der Waals surface area contributed by atoms with Crippen molar-refractivity contribution in [1.29, 1.82) is 0 Å². The predicted molar refractivity (Wildman–Crippen MR) is 62.9 cm³/mol. The van der Waals surface area contributed by atoms with E-state index in [9.17, 15) is 5.11 Å². The fraction of sp³-hybridized carbons (Fsp3) is 1.00. The second-order valence-corrected chi connectivity index (χ2v) is 8.17. The maximum absolute atomic E-state index is 10.0. The first-order chi connectivity index (χ1) is 6.84. The van der Waals surface area contributed by atoms with Crippen LogP contribution in [0.2, 0.25) is 8.43 Å². The third kappa shape index (κ3) is 5.01. The first-order valence-corrected chi connectivity index (χ1v) is 9.13. The van der Waals surface area contributed by atoms with Gasteiger partial charge in [0.1, 0.15) is 0 Å². The molecule has 0 spiro atoms. The molecule has 0 aliphatic heterocycles. The summed E-state index contributed by atoms with van der Waals surface area (Å²) in [4.78, 5) is 0. The van der Waals surface area contributed by atoms with Crippen molar-refractivity contribution in [2.24, 2.45) is 0 Å². The second kappa shape index (κ2) is 7.97. The number of rotatable bonds is 4. The van der Waals surface area contributed by atoms with Gasteiger partial charge in [-0.25, -0.2) is 0 Å². The summed E-state index contributed by atoms with van der Waals surface area (Å²) in [6, 6.07) is 0. The van der Waals surface area contributed by atoms with Gasteiger partial charge >= 0.3 is 98.9 Å². The number of aliphatic hydroxyl groups is 1. The normalized spacial score (nSPS) is 29.6. The molecule has 0 radical (unpaired) electrons. The van der Waals surface area contributed by atoms with Gasteiger partial charge in [-0.15, -0.1) is 0 Å². The quantitative estimate of drug-likeness (QED) is 0.623. The Hall–Kier alpha value is 0.750. The summed E-state index contributed by atoms with van der Waals surface area (Å²) in [7, 11) is 0. The van der Waals surface area contributed by atoms with Gasteiger partial charge in [0, 0.05) is 0 Å². The third-order valence-electron chi connectivity index (χ3n) is 3.00. The Morgan fingerprint density at radius 3 is 2.57 bits per heavy atom.